The largest absolute Gasteiger partial charge is 0.399 e. The molecule has 2 rings (SSSR count). The zero-order valence-corrected chi connectivity index (χ0v) is 16.2. The van der Waals surface area contributed by atoms with Gasteiger partial charge in [-0.2, -0.15) is 0 Å². The molecule has 0 atom stereocenters. The summed E-state index contributed by atoms with van der Waals surface area (Å²) in [5.74, 6) is -0.210. The zero-order chi connectivity index (χ0) is 14.9. The number of carbonyl (C=O) groups excluding carboxylic acids is 1. The molecule has 0 aliphatic heterocycles. The fourth-order valence-electron chi connectivity index (χ4n) is 1.58. The van der Waals surface area contributed by atoms with Crippen molar-refractivity contribution in [2.24, 2.45) is 0 Å². The van der Waals surface area contributed by atoms with E-state index in [1.54, 1.807) is 24.3 Å². The van der Waals surface area contributed by atoms with Crippen molar-refractivity contribution in [2.45, 2.75) is 0 Å². The smallest absolute Gasteiger partial charge is 0.255 e. The van der Waals surface area contributed by atoms with Crippen molar-refractivity contribution in [3.05, 3.63) is 53.8 Å². The third kappa shape index (κ3) is 3.84. The molecule has 0 saturated carbocycles. The van der Waals surface area contributed by atoms with Gasteiger partial charge in [-0.1, -0.05) is 31.9 Å². The highest BCUT2D eigenvalue weighted by Gasteiger charge is 2.13. The van der Waals surface area contributed by atoms with Crippen LogP contribution in [0.5, 0.6) is 0 Å². The standard InChI is InChI=1S/C13H8Br4N2O/c14-7-1-6(2-8(15)3-7)13(20)19-12-10(16)4-9(18)5-11(12)17/h1-5H,18H2,(H,19,20). The lowest BCUT2D eigenvalue weighted by Crippen LogP contribution is -2.13. The van der Waals surface area contributed by atoms with E-state index in [0.717, 1.165) is 8.95 Å². The second-order valence-corrected chi connectivity index (χ2v) is 7.51. The first kappa shape index (κ1) is 16.0. The summed E-state index contributed by atoms with van der Waals surface area (Å²) in [6.07, 6.45) is 0. The van der Waals surface area contributed by atoms with Crippen molar-refractivity contribution < 1.29 is 4.79 Å². The molecule has 0 aromatic heterocycles. The number of nitrogen functional groups attached to an aromatic ring is 1. The van der Waals surface area contributed by atoms with Crippen LogP contribution in [0.2, 0.25) is 0 Å². The topological polar surface area (TPSA) is 55.1 Å². The number of hydrogen-bond donors (Lipinski definition) is 2. The van der Waals surface area contributed by atoms with Gasteiger partial charge in [0.25, 0.3) is 5.91 Å². The van der Waals surface area contributed by atoms with Gasteiger partial charge in [0.15, 0.2) is 0 Å². The van der Waals surface area contributed by atoms with Gasteiger partial charge in [0.2, 0.25) is 0 Å². The molecule has 3 N–H and O–H groups in total. The minimum atomic E-state index is -0.210. The van der Waals surface area contributed by atoms with Gasteiger partial charge in [-0.25, -0.2) is 0 Å². The summed E-state index contributed by atoms with van der Waals surface area (Å²) in [7, 11) is 0. The summed E-state index contributed by atoms with van der Waals surface area (Å²) in [5, 5.41) is 2.85. The highest BCUT2D eigenvalue weighted by atomic mass is 79.9. The van der Waals surface area contributed by atoms with Crippen LogP contribution in [0.25, 0.3) is 0 Å². The average Bonchev–Trinajstić information content (AvgIpc) is 2.32. The van der Waals surface area contributed by atoms with Gasteiger partial charge >= 0.3 is 0 Å². The predicted octanol–water partition coefficient (Wildman–Crippen LogP) is 5.57. The maximum Gasteiger partial charge on any atom is 0.255 e. The molecule has 2 aromatic rings. The highest BCUT2D eigenvalue weighted by molar-refractivity contribution is 9.11. The van der Waals surface area contributed by atoms with E-state index in [1.807, 2.05) is 6.07 Å². The molecule has 0 aliphatic carbocycles. The molecule has 3 nitrogen and oxygen atoms in total. The molecular formula is C13H8Br4N2O. The number of anilines is 2. The van der Waals surface area contributed by atoms with E-state index < -0.39 is 0 Å². The van der Waals surface area contributed by atoms with Gasteiger partial charge in [-0.3, -0.25) is 4.79 Å². The summed E-state index contributed by atoms with van der Waals surface area (Å²) in [4.78, 5) is 12.3. The lowest BCUT2D eigenvalue weighted by atomic mass is 10.2. The lowest BCUT2D eigenvalue weighted by molar-refractivity contribution is 0.102. The van der Waals surface area contributed by atoms with E-state index in [-0.39, 0.29) is 5.91 Å². The molecular weight excluding hydrogens is 520 g/mol. The minimum absolute atomic E-state index is 0.210. The van der Waals surface area contributed by atoms with Gasteiger partial charge < -0.3 is 11.1 Å². The maximum atomic E-state index is 12.3. The predicted molar refractivity (Wildman–Crippen MR) is 96.0 cm³/mol. The Morgan fingerprint density at radius 2 is 1.40 bits per heavy atom. The fraction of sp³-hybridized carbons (Fsp3) is 0. The number of nitrogens with one attached hydrogen (secondary N) is 1. The van der Waals surface area contributed by atoms with Gasteiger partial charge in [-0.15, -0.1) is 0 Å². The zero-order valence-electron chi connectivity index (χ0n) is 9.88. The van der Waals surface area contributed by atoms with Crippen LogP contribution in [0.15, 0.2) is 48.2 Å². The van der Waals surface area contributed by atoms with Crippen LogP contribution >= 0.6 is 63.7 Å². The van der Waals surface area contributed by atoms with Crippen molar-refractivity contribution in [1.82, 2.24) is 0 Å². The molecule has 0 saturated heterocycles. The second kappa shape index (κ2) is 6.60. The molecule has 0 unspecified atom stereocenters. The van der Waals surface area contributed by atoms with Crippen LogP contribution < -0.4 is 11.1 Å². The van der Waals surface area contributed by atoms with Crippen LogP contribution in [0.1, 0.15) is 10.4 Å². The third-order valence-electron chi connectivity index (χ3n) is 2.43. The van der Waals surface area contributed by atoms with Crippen LogP contribution in [-0.2, 0) is 0 Å². The van der Waals surface area contributed by atoms with E-state index in [2.05, 4.69) is 69.0 Å². The molecule has 0 radical (unpaired) electrons. The second-order valence-electron chi connectivity index (χ2n) is 3.97. The van der Waals surface area contributed by atoms with Crippen LogP contribution in [-0.4, -0.2) is 5.91 Å². The maximum absolute atomic E-state index is 12.3. The Morgan fingerprint density at radius 1 is 0.900 bits per heavy atom. The first-order valence-electron chi connectivity index (χ1n) is 5.39. The van der Waals surface area contributed by atoms with Gasteiger partial charge in [-0.05, 0) is 62.2 Å². The molecule has 0 aliphatic rings. The number of carbonyl (C=O) groups is 1. The van der Waals surface area contributed by atoms with E-state index in [9.17, 15) is 4.79 Å². The van der Waals surface area contributed by atoms with E-state index in [0.29, 0.717) is 25.9 Å². The van der Waals surface area contributed by atoms with Crippen molar-refractivity contribution in [3.8, 4) is 0 Å². The summed E-state index contributed by atoms with van der Waals surface area (Å²) < 4.78 is 3.08. The molecule has 0 fully saturated rings. The van der Waals surface area contributed by atoms with Crippen LogP contribution in [0, 0.1) is 0 Å². The number of nitrogens with two attached hydrogens (primary N) is 1. The Labute approximate surface area is 149 Å². The molecule has 20 heavy (non-hydrogen) atoms. The Kier molecular flexibility index (Phi) is 5.28. The first-order chi connectivity index (χ1) is 9.36. The SMILES string of the molecule is Nc1cc(Br)c(NC(=O)c2cc(Br)cc(Br)c2)c(Br)c1. The van der Waals surface area contributed by atoms with Gasteiger partial charge in [0, 0.05) is 29.1 Å². The average molecular weight is 528 g/mol. The number of amides is 1. The summed E-state index contributed by atoms with van der Waals surface area (Å²) in [6, 6.07) is 8.83. The fourth-order valence-corrected chi connectivity index (χ4v) is 4.30. The number of rotatable bonds is 2. The number of hydrogen-bond acceptors (Lipinski definition) is 2. The van der Waals surface area contributed by atoms with E-state index >= 15 is 0 Å². The van der Waals surface area contributed by atoms with Crippen molar-refractivity contribution >= 4 is 81.0 Å². The highest BCUT2D eigenvalue weighted by Crippen LogP contribution is 2.34. The lowest BCUT2D eigenvalue weighted by Gasteiger charge is -2.11. The molecule has 0 bridgehead atoms. The molecule has 0 heterocycles. The van der Waals surface area contributed by atoms with Crippen molar-refractivity contribution in [2.75, 3.05) is 11.1 Å². The summed E-state index contributed by atoms with van der Waals surface area (Å²) in [5.41, 5.74) is 7.51. The summed E-state index contributed by atoms with van der Waals surface area (Å²) >= 11 is 13.5. The Morgan fingerprint density at radius 3 is 1.90 bits per heavy atom. The molecule has 104 valence electrons. The Hall–Kier alpha value is -0.370. The molecule has 7 heteroatoms. The van der Waals surface area contributed by atoms with Gasteiger partial charge in [0.1, 0.15) is 0 Å². The van der Waals surface area contributed by atoms with Crippen molar-refractivity contribution in [1.29, 1.82) is 0 Å². The minimum Gasteiger partial charge on any atom is -0.399 e. The Bertz CT molecular complexity index is 645. The molecule has 0 spiro atoms. The van der Waals surface area contributed by atoms with Crippen LogP contribution in [0.3, 0.4) is 0 Å². The quantitative estimate of drug-likeness (QED) is 0.502. The van der Waals surface area contributed by atoms with Gasteiger partial charge in [0.05, 0.1) is 5.69 Å². The molecule has 2 aromatic carbocycles. The third-order valence-corrected chi connectivity index (χ3v) is 4.59. The monoisotopic (exact) mass is 524 g/mol. The normalized spacial score (nSPS) is 10.4. The number of halogens is 4. The summed E-state index contributed by atoms with van der Waals surface area (Å²) in [6.45, 7) is 0. The van der Waals surface area contributed by atoms with E-state index in [1.165, 1.54) is 0 Å². The Balaban J connectivity index is 2.32. The van der Waals surface area contributed by atoms with Crippen LogP contribution in [0.4, 0.5) is 11.4 Å². The number of benzene rings is 2. The van der Waals surface area contributed by atoms with E-state index in [4.69, 9.17) is 5.73 Å². The van der Waals surface area contributed by atoms with Crippen molar-refractivity contribution in [3.63, 3.8) is 0 Å². The first-order valence-corrected chi connectivity index (χ1v) is 8.56. The molecule has 1 amide bonds.